The molecule has 0 heterocycles. The van der Waals surface area contributed by atoms with Crippen LogP contribution >= 0.6 is 0 Å². The molecule has 1 aromatic rings. The topological polar surface area (TPSA) is 38.5 Å². The van der Waals surface area contributed by atoms with E-state index in [1.165, 1.54) is 12.1 Å². The average molecular weight is 226 g/mol. The van der Waals surface area contributed by atoms with Gasteiger partial charge < -0.3 is 15.4 Å². The fraction of sp³-hybridized carbons (Fsp3) is 0.500. The van der Waals surface area contributed by atoms with Gasteiger partial charge in [-0.1, -0.05) is 0 Å². The lowest BCUT2D eigenvalue weighted by Gasteiger charge is -2.11. The van der Waals surface area contributed by atoms with Crippen LogP contribution in [0.15, 0.2) is 18.2 Å². The monoisotopic (exact) mass is 226 g/mol. The first-order chi connectivity index (χ1) is 7.61. The fourth-order valence-corrected chi connectivity index (χ4v) is 1.36. The van der Waals surface area contributed by atoms with Crippen LogP contribution in [0, 0.1) is 5.82 Å². The second kappa shape index (κ2) is 6.45. The van der Waals surface area contributed by atoms with Crippen molar-refractivity contribution in [2.24, 2.45) is 5.73 Å². The summed E-state index contributed by atoms with van der Waals surface area (Å²) in [5.41, 5.74) is 6.31. The molecule has 0 atom stereocenters. The molecule has 0 saturated carbocycles. The molecule has 0 spiro atoms. The van der Waals surface area contributed by atoms with Crippen molar-refractivity contribution in [1.82, 2.24) is 4.90 Å². The van der Waals surface area contributed by atoms with E-state index < -0.39 is 0 Å². The van der Waals surface area contributed by atoms with Crippen molar-refractivity contribution in [3.8, 4) is 5.75 Å². The van der Waals surface area contributed by atoms with E-state index in [1.807, 2.05) is 25.1 Å². The van der Waals surface area contributed by atoms with Crippen molar-refractivity contribution in [2.45, 2.75) is 6.42 Å². The van der Waals surface area contributed by atoms with Crippen LogP contribution in [-0.4, -0.2) is 38.7 Å². The third-order valence-corrected chi connectivity index (χ3v) is 2.17. The summed E-state index contributed by atoms with van der Waals surface area (Å²) in [6, 6.07) is 4.73. The van der Waals surface area contributed by atoms with Crippen molar-refractivity contribution in [2.75, 3.05) is 33.8 Å². The third kappa shape index (κ3) is 4.59. The molecule has 0 aliphatic carbocycles. The summed E-state index contributed by atoms with van der Waals surface area (Å²) in [5, 5.41) is 0. The molecule has 4 heteroatoms. The number of nitrogens with two attached hydrogens (primary N) is 1. The first kappa shape index (κ1) is 12.9. The van der Waals surface area contributed by atoms with Gasteiger partial charge in [0.25, 0.3) is 0 Å². The Hall–Kier alpha value is -1.13. The van der Waals surface area contributed by atoms with E-state index in [-0.39, 0.29) is 5.82 Å². The molecule has 0 aliphatic heterocycles. The molecule has 0 fully saturated rings. The minimum Gasteiger partial charge on any atom is -0.492 e. The number of hydrogen-bond acceptors (Lipinski definition) is 3. The molecule has 1 rings (SSSR count). The molecule has 90 valence electrons. The predicted molar refractivity (Wildman–Crippen MR) is 63.2 cm³/mol. The summed E-state index contributed by atoms with van der Waals surface area (Å²) in [6.45, 7) is 1.88. The van der Waals surface area contributed by atoms with Crippen LogP contribution in [0.1, 0.15) is 5.56 Å². The Labute approximate surface area is 96.0 Å². The van der Waals surface area contributed by atoms with Crippen molar-refractivity contribution in [3.63, 3.8) is 0 Å². The minimum absolute atomic E-state index is 0.272. The number of benzene rings is 1. The zero-order valence-corrected chi connectivity index (χ0v) is 9.87. The molecular formula is C12H19FN2O. The van der Waals surface area contributed by atoms with Crippen molar-refractivity contribution < 1.29 is 9.13 Å². The van der Waals surface area contributed by atoms with Crippen LogP contribution in [0.2, 0.25) is 0 Å². The van der Waals surface area contributed by atoms with E-state index in [0.717, 1.165) is 12.1 Å². The molecule has 0 radical (unpaired) electrons. The number of halogens is 1. The van der Waals surface area contributed by atoms with Crippen molar-refractivity contribution in [1.29, 1.82) is 0 Å². The fourth-order valence-electron chi connectivity index (χ4n) is 1.36. The van der Waals surface area contributed by atoms with Crippen LogP contribution in [0.5, 0.6) is 5.75 Å². The highest BCUT2D eigenvalue weighted by molar-refractivity contribution is 5.29. The molecule has 0 aromatic heterocycles. The summed E-state index contributed by atoms with van der Waals surface area (Å²) >= 11 is 0. The van der Waals surface area contributed by atoms with Crippen molar-refractivity contribution in [3.05, 3.63) is 29.6 Å². The van der Waals surface area contributed by atoms with E-state index in [4.69, 9.17) is 10.5 Å². The zero-order chi connectivity index (χ0) is 12.0. The van der Waals surface area contributed by atoms with Crippen molar-refractivity contribution >= 4 is 0 Å². The van der Waals surface area contributed by atoms with Crippen LogP contribution in [0.3, 0.4) is 0 Å². The van der Waals surface area contributed by atoms with E-state index in [1.54, 1.807) is 0 Å². The maximum Gasteiger partial charge on any atom is 0.127 e. The lowest BCUT2D eigenvalue weighted by Crippen LogP contribution is -2.19. The second-order valence-electron chi connectivity index (χ2n) is 3.99. The number of nitrogens with zero attached hydrogens (tertiary/aromatic N) is 1. The summed E-state index contributed by atoms with van der Waals surface area (Å²) in [5.74, 6) is 0.302. The third-order valence-electron chi connectivity index (χ3n) is 2.17. The summed E-state index contributed by atoms with van der Waals surface area (Å²) < 4.78 is 18.7. The second-order valence-corrected chi connectivity index (χ2v) is 3.99. The van der Waals surface area contributed by atoms with E-state index >= 15 is 0 Å². The van der Waals surface area contributed by atoms with Gasteiger partial charge in [0, 0.05) is 12.6 Å². The molecule has 2 N–H and O–H groups in total. The van der Waals surface area contributed by atoms with Crippen LogP contribution in [0.25, 0.3) is 0 Å². The van der Waals surface area contributed by atoms with Gasteiger partial charge in [-0.05, 0) is 44.8 Å². The SMILES string of the molecule is CN(C)CCOc1cc(F)cc(CCN)c1. The van der Waals surface area contributed by atoms with Gasteiger partial charge in [0.05, 0.1) is 0 Å². The quantitative estimate of drug-likeness (QED) is 0.794. The first-order valence-electron chi connectivity index (χ1n) is 5.39. The molecule has 3 nitrogen and oxygen atoms in total. The van der Waals surface area contributed by atoms with Gasteiger partial charge in [0.15, 0.2) is 0 Å². The maximum atomic E-state index is 13.2. The van der Waals surface area contributed by atoms with Gasteiger partial charge in [-0.25, -0.2) is 4.39 Å². The van der Waals surface area contributed by atoms with Gasteiger partial charge in [0.2, 0.25) is 0 Å². The summed E-state index contributed by atoms with van der Waals surface area (Å²) in [4.78, 5) is 2.01. The molecule has 0 aliphatic rings. The minimum atomic E-state index is -0.272. The highest BCUT2D eigenvalue weighted by atomic mass is 19.1. The smallest absolute Gasteiger partial charge is 0.127 e. The predicted octanol–water partition coefficient (Wildman–Crippen LogP) is 1.27. The number of hydrogen-bond donors (Lipinski definition) is 1. The maximum absolute atomic E-state index is 13.2. The Kier molecular flexibility index (Phi) is 5.22. The molecule has 0 bridgehead atoms. The Morgan fingerprint density at radius 1 is 1.31 bits per heavy atom. The Morgan fingerprint density at radius 2 is 2.06 bits per heavy atom. The largest absolute Gasteiger partial charge is 0.492 e. The normalized spacial score (nSPS) is 10.8. The van der Waals surface area contributed by atoms with Gasteiger partial charge in [-0.2, -0.15) is 0 Å². The van der Waals surface area contributed by atoms with E-state index in [9.17, 15) is 4.39 Å². The molecule has 1 aromatic carbocycles. The first-order valence-corrected chi connectivity index (χ1v) is 5.39. The molecule has 0 amide bonds. The highest BCUT2D eigenvalue weighted by Crippen LogP contribution is 2.16. The van der Waals surface area contributed by atoms with Crippen LogP contribution < -0.4 is 10.5 Å². The Bertz CT molecular complexity index is 329. The lowest BCUT2D eigenvalue weighted by molar-refractivity contribution is 0.260. The van der Waals surface area contributed by atoms with Crippen LogP contribution in [-0.2, 0) is 6.42 Å². The average Bonchev–Trinajstić information content (AvgIpc) is 2.16. The number of likely N-dealkylation sites (N-methyl/N-ethyl adjacent to an activating group) is 1. The van der Waals surface area contributed by atoms with Gasteiger partial charge >= 0.3 is 0 Å². The highest BCUT2D eigenvalue weighted by Gasteiger charge is 2.01. The molecule has 0 unspecified atom stereocenters. The standard InChI is InChI=1S/C12H19FN2O/c1-15(2)5-6-16-12-8-10(3-4-14)7-11(13)9-12/h7-9H,3-6,14H2,1-2H3. The van der Waals surface area contributed by atoms with E-state index in [0.29, 0.717) is 25.3 Å². The number of ether oxygens (including phenoxy) is 1. The van der Waals surface area contributed by atoms with Crippen LogP contribution in [0.4, 0.5) is 4.39 Å². The van der Waals surface area contributed by atoms with Gasteiger partial charge in [0.1, 0.15) is 18.2 Å². The zero-order valence-electron chi connectivity index (χ0n) is 9.87. The van der Waals surface area contributed by atoms with Gasteiger partial charge in [-0.3, -0.25) is 0 Å². The summed E-state index contributed by atoms with van der Waals surface area (Å²) in [6.07, 6.45) is 0.668. The number of rotatable bonds is 6. The lowest BCUT2D eigenvalue weighted by atomic mass is 10.1. The summed E-state index contributed by atoms with van der Waals surface area (Å²) in [7, 11) is 3.93. The Morgan fingerprint density at radius 3 is 2.69 bits per heavy atom. The molecule has 16 heavy (non-hydrogen) atoms. The molecule has 0 saturated heterocycles. The molecular weight excluding hydrogens is 207 g/mol. The van der Waals surface area contributed by atoms with Gasteiger partial charge in [-0.15, -0.1) is 0 Å². The Balaban J connectivity index is 2.58. The van der Waals surface area contributed by atoms with E-state index in [2.05, 4.69) is 0 Å².